The molecule has 0 bridgehead atoms. The van der Waals surface area contributed by atoms with E-state index in [1.54, 1.807) is 13.1 Å². The standard InChI is InChI=1S/C22H33N5/c1-9-19-13-20(11-12-26(8)15-18(4)24-10-2)27(16-22(5,6)7)21(19)25-17(3)14-23/h9-10,13,24H,1-2,4,11-12,15-16H2,3,5-8H3/b25-17+. The fraction of sp³-hybridized carbons (Fsp3) is 0.455. The maximum atomic E-state index is 9.15. The summed E-state index contributed by atoms with van der Waals surface area (Å²) in [6.07, 6.45) is 4.32. The van der Waals surface area contributed by atoms with Crippen molar-refractivity contribution in [2.75, 3.05) is 20.1 Å². The van der Waals surface area contributed by atoms with Gasteiger partial charge in [0.05, 0.1) is 0 Å². The molecule has 0 saturated carbocycles. The van der Waals surface area contributed by atoms with Crippen LogP contribution in [0.4, 0.5) is 5.82 Å². The molecule has 5 heteroatoms. The number of nitrogens with one attached hydrogen (secondary N) is 1. The topological polar surface area (TPSA) is 56.4 Å². The highest BCUT2D eigenvalue weighted by atomic mass is 15.1. The Morgan fingerprint density at radius 2 is 2.07 bits per heavy atom. The van der Waals surface area contributed by atoms with Crippen LogP contribution in [0.15, 0.2) is 42.7 Å². The second kappa shape index (κ2) is 9.94. The normalized spacial score (nSPS) is 12.0. The highest BCUT2D eigenvalue weighted by molar-refractivity contribution is 5.98. The number of nitriles is 1. The Morgan fingerprint density at radius 3 is 2.59 bits per heavy atom. The van der Waals surface area contributed by atoms with E-state index >= 15 is 0 Å². The van der Waals surface area contributed by atoms with Crippen LogP contribution in [0.5, 0.6) is 0 Å². The van der Waals surface area contributed by atoms with Crippen molar-refractivity contribution in [2.24, 2.45) is 10.4 Å². The molecule has 0 aliphatic carbocycles. The van der Waals surface area contributed by atoms with E-state index in [0.29, 0.717) is 5.71 Å². The van der Waals surface area contributed by atoms with E-state index in [4.69, 9.17) is 5.26 Å². The largest absolute Gasteiger partial charge is 0.365 e. The molecule has 0 fully saturated rings. The summed E-state index contributed by atoms with van der Waals surface area (Å²) in [6, 6.07) is 4.25. The van der Waals surface area contributed by atoms with E-state index in [1.807, 2.05) is 6.08 Å². The van der Waals surface area contributed by atoms with Gasteiger partial charge in [-0.3, -0.25) is 0 Å². The van der Waals surface area contributed by atoms with Gasteiger partial charge in [0.2, 0.25) is 0 Å². The molecule has 1 heterocycles. The third-order valence-electron chi connectivity index (χ3n) is 3.99. The highest BCUT2D eigenvalue weighted by Crippen LogP contribution is 2.30. The average Bonchev–Trinajstić information content (AvgIpc) is 2.88. The van der Waals surface area contributed by atoms with Gasteiger partial charge >= 0.3 is 0 Å². The lowest BCUT2D eigenvalue weighted by molar-refractivity contribution is 0.330. The van der Waals surface area contributed by atoms with Gasteiger partial charge in [0.25, 0.3) is 0 Å². The second-order valence-corrected chi connectivity index (χ2v) is 8.01. The number of aromatic nitrogens is 1. The zero-order valence-corrected chi connectivity index (χ0v) is 17.5. The predicted octanol–water partition coefficient (Wildman–Crippen LogP) is 4.51. The molecule has 27 heavy (non-hydrogen) atoms. The van der Waals surface area contributed by atoms with Crippen LogP contribution in [0.3, 0.4) is 0 Å². The molecule has 0 amide bonds. The third-order valence-corrected chi connectivity index (χ3v) is 3.99. The van der Waals surface area contributed by atoms with Crippen molar-refractivity contribution < 1.29 is 0 Å². The smallest absolute Gasteiger partial charge is 0.141 e. The molecule has 0 aliphatic rings. The summed E-state index contributed by atoms with van der Waals surface area (Å²) in [5, 5.41) is 12.2. The number of aliphatic imine (C=N–C) groups is 1. The Labute approximate surface area is 164 Å². The molecule has 1 aromatic heterocycles. The molecule has 0 radical (unpaired) electrons. The zero-order chi connectivity index (χ0) is 20.6. The predicted molar refractivity (Wildman–Crippen MR) is 116 cm³/mol. The van der Waals surface area contributed by atoms with E-state index in [2.05, 4.69) is 79.5 Å². The summed E-state index contributed by atoms with van der Waals surface area (Å²) in [4.78, 5) is 6.76. The summed E-state index contributed by atoms with van der Waals surface area (Å²) in [7, 11) is 2.07. The van der Waals surface area contributed by atoms with Gasteiger partial charge in [-0.15, -0.1) is 0 Å². The first kappa shape index (κ1) is 22.5. The van der Waals surface area contributed by atoms with Crippen molar-refractivity contribution >= 4 is 17.6 Å². The molecule has 5 nitrogen and oxygen atoms in total. The number of hydrogen-bond acceptors (Lipinski definition) is 4. The first-order valence-electron chi connectivity index (χ1n) is 9.15. The summed E-state index contributed by atoms with van der Waals surface area (Å²) in [5.74, 6) is 0.814. The van der Waals surface area contributed by atoms with Gasteiger partial charge in [-0.1, -0.05) is 46.6 Å². The Balaban J connectivity index is 3.14. The molecule has 0 saturated heterocycles. The Kier molecular flexibility index (Phi) is 8.27. The van der Waals surface area contributed by atoms with Crippen molar-refractivity contribution in [2.45, 2.75) is 40.7 Å². The van der Waals surface area contributed by atoms with Gasteiger partial charge in [0.15, 0.2) is 0 Å². The van der Waals surface area contributed by atoms with E-state index in [9.17, 15) is 0 Å². The van der Waals surface area contributed by atoms with Crippen LogP contribution in [0.1, 0.15) is 39.0 Å². The minimum absolute atomic E-state index is 0.0884. The third kappa shape index (κ3) is 7.28. The maximum absolute atomic E-state index is 9.15. The fourth-order valence-corrected chi connectivity index (χ4v) is 2.83. The first-order chi connectivity index (χ1) is 12.6. The summed E-state index contributed by atoms with van der Waals surface area (Å²) in [6.45, 7) is 22.4. The Hall–Kier alpha value is -2.58. The Morgan fingerprint density at radius 1 is 1.41 bits per heavy atom. The summed E-state index contributed by atoms with van der Waals surface area (Å²) < 4.78 is 2.22. The molecule has 0 atom stereocenters. The molecular weight excluding hydrogens is 334 g/mol. The number of likely N-dealkylation sites (N-methyl/N-ethyl adjacent to an activating group) is 1. The van der Waals surface area contributed by atoms with Crippen molar-refractivity contribution in [3.05, 3.63) is 49.0 Å². The van der Waals surface area contributed by atoms with Crippen molar-refractivity contribution in [1.29, 1.82) is 5.26 Å². The van der Waals surface area contributed by atoms with Crippen molar-refractivity contribution in [3.8, 4) is 6.07 Å². The lowest BCUT2D eigenvalue weighted by Gasteiger charge is -2.24. The minimum Gasteiger partial charge on any atom is -0.365 e. The Bertz CT molecular complexity index is 753. The van der Waals surface area contributed by atoms with E-state index < -0.39 is 0 Å². The number of nitrogens with zero attached hydrogens (tertiary/aromatic N) is 4. The molecule has 0 unspecified atom stereocenters. The second-order valence-electron chi connectivity index (χ2n) is 8.01. The van der Waals surface area contributed by atoms with Crippen LogP contribution in [-0.2, 0) is 13.0 Å². The summed E-state index contributed by atoms with van der Waals surface area (Å²) >= 11 is 0. The van der Waals surface area contributed by atoms with E-state index in [0.717, 1.165) is 43.1 Å². The van der Waals surface area contributed by atoms with Gasteiger partial charge < -0.3 is 14.8 Å². The zero-order valence-electron chi connectivity index (χ0n) is 17.5. The molecule has 1 aromatic rings. The lowest BCUT2D eigenvalue weighted by atomic mass is 9.96. The van der Waals surface area contributed by atoms with E-state index in [-0.39, 0.29) is 5.41 Å². The molecule has 0 aromatic carbocycles. The van der Waals surface area contributed by atoms with Crippen LogP contribution in [0.25, 0.3) is 6.08 Å². The SMILES string of the molecule is C=CNC(=C)CN(C)CCc1cc(C=C)c(/N=C(\C)C#N)n1CC(C)(C)C. The maximum Gasteiger partial charge on any atom is 0.141 e. The van der Waals surface area contributed by atoms with Crippen LogP contribution in [0, 0.1) is 16.7 Å². The van der Waals surface area contributed by atoms with Crippen LogP contribution < -0.4 is 5.32 Å². The van der Waals surface area contributed by atoms with Gasteiger partial charge in [0.1, 0.15) is 17.6 Å². The van der Waals surface area contributed by atoms with Crippen LogP contribution in [0.2, 0.25) is 0 Å². The summed E-state index contributed by atoms with van der Waals surface area (Å²) in [5.41, 5.74) is 3.61. The highest BCUT2D eigenvalue weighted by Gasteiger charge is 2.19. The van der Waals surface area contributed by atoms with Crippen molar-refractivity contribution in [1.82, 2.24) is 14.8 Å². The quantitative estimate of drug-likeness (QED) is 0.619. The van der Waals surface area contributed by atoms with Crippen LogP contribution in [-0.4, -0.2) is 35.3 Å². The lowest BCUT2D eigenvalue weighted by Crippen LogP contribution is -2.27. The van der Waals surface area contributed by atoms with Gasteiger partial charge in [0, 0.05) is 43.0 Å². The monoisotopic (exact) mass is 367 g/mol. The van der Waals surface area contributed by atoms with Gasteiger partial charge in [-0.25, -0.2) is 4.99 Å². The minimum atomic E-state index is 0.0884. The molecule has 1 N–H and O–H groups in total. The number of hydrogen-bond donors (Lipinski definition) is 1. The molecule has 1 rings (SSSR count). The van der Waals surface area contributed by atoms with Gasteiger partial charge in [-0.05, 0) is 31.7 Å². The fourth-order valence-electron chi connectivity index (χ4n) is 2.83. The van der Waals surface area contributed by atoms with Gasteiger partial charge in [-0.2, -0.15) is 5.26 Å². The van der Waals surface area contributed by atoms with E-state index in [1.165, 1.54) is 5.69 Å². The molecule has 0 spiro atoms. The molecule has 0 aliphatic heterocycles. The first-order valence-corrected chi connectivity index (χ1v) is 9.15. The van der Waals surface area contributed by atoms with Crippen molar-refractivity contribution in [3.63, 3.8) is 0 Å². The van der Waals surface area contributed by atoms with Crippen LogP contribution >= 0.6 is 0 Å². The molecule has 146 valence electrons. The molecular formula is C22H33N5. The number of rotatable bonds is 10. The average molecular weight is 368 g/mol.